The molecule has 2 N–H and O–H groups in total. The highest BCUT2D eigenvalue weighted by Gasteiger charge is 2.13. The average molecular weight is 248 g/mol. The molecule has 0 spiro atoms. The molecule has 4 heteroatoms. The second-order valence-electron chi connectivity index (χ2n) is 4.60. The van der Waals surface area contributed by atoms with E-state index in [0.29, 0.717) is 19.2 Å². The monoisotopic (exact) mass is 248 g/mol. The van der Waals surface area contributed by atoms with Gasteiger partial charge < -0.3 is 15.4 Å². The summed E-state index contributed by atoms with van der Waals surface area (Å²) in [5.74, 6) is 0.943. The average Bonchev–Trinajstić information content (AvgIpc) is 2.43. The summed E-state index contributed by atoms with van der Waals surface area (Å²) in [6, 6.07) is 5.92. The lowest BCUT2D eigenvalue weighted by molar-refractivity contribution is 0.0987. The van der Waals surface area contributed by atoms with Crippen LogP contribution in [0.2, 0.25) is 0 Å². The summed E-state index contributed by atoms with van der Waals surface area (Å²) in [7, 11) is 0. The Morgan fingerprint density at radius 3 is 3.17 bits per heavy atom. The maximum Gasteiger partial charge on any atom is 0.176 e. The highest BCUT2D eigenvalue weighted by atomic mass is 16.5. The molecule has 0 bridgehead atoms. The van der Waals surface area contributed by atoms with Gasteiger partial charge in [-0.25, -0.2) is 0 Å². The Bertz CT molecular complexity index is 432. The third-order valence-corrected chi connectivity index (χ3v) is 3.20. The Kier molecular flexibility index (Phi) is 4.20. The molecule has 0 saturated heterocycles. The molecule has 1 heterocycles. The number of anilines is 1. The Morgan fingerprint density at radius 2 is 2.39 bits per heavy atom. The van der Waals surface area contributed by atoms with E-state index in [-0.39, 0.29) is 5.78 Å². The van der Waals surface area contributed by atoms with Crippen molar-refractivity contribution in [3.63, 3.8) is 0 Å². The van der Waals surface area contributed by atoms with Gasteiger partial charge in [0.15, 0.2) is 5.78 Å². The highest BCUT2D eigenvalue weighted by molar-refractivity contribution is 5.98. The first kappa shape index (κ1) is 12.9. The first-order valence-electron chi connectivity index (χ1n) is 6.48. The number of ether oxygens (including phenoxy) is 1. The number of rotatable bonds is 5. The number of Topliss-reactive ketones (excluding diaryl/α,β-unsaturated/α-hetero) is 1. The van der Waals surface area contributed by atoms with Gasteiger partial charge in [0.2, 0.25) is 0 Å². The molecule has 4 nitrogen and oxygen atoms in total. The van der Waals surface area contributed by atoms with E-state index < -0.39 is 0 Å². The predicted molar refractivity (Wildman–Crippen MR) is 72.5 cm³/mol. The number of carbonyl (C=O) groups excluding carboxylic acids is 1. The van der Waals surface area contributed by atoms with Gasteiger partial charge in [0.25, 0.3) is 0 Å². The van der Waals surface area contributed by atoms with Gasteiger partial charge in [0.1, 0.15) is 12.4 Å². The van der Waals surface area contributed by atoms with E-state index in [0.717, 1.165) is 30.0 Å². The van der Waals surface area contributed by atoms with Gasteiger partial charge in [0, 0.05) is 18.2 Å². The molecule has 0 amide bonds. The fourth-order valence-corrected chi connectivity index (χ4v) is 1.83. The number of fused-ring (bicyclic) bond motifs is 1. The molecule has 0 radical (unpaired) electrons. The summed E-state index contributed by atoms with van der Waals surface area (Å²) in [4.78, 5) is 12.0. The highest BCUT2D eigenvalue weighted by Crippen LogP contribution is 2.28. The molecule has 2 rings (SSSR count). The van der Waals surface area contributed by atoms with Crippen molar-refractivity contribution in [3.05, 3.63) is 23.8 Å². The maximum atomic E-state index is 12.0. The van der Waals surface area contributed by atoms with Crippen molar-refractivity contribution in [1.82, 2.24) is 5.32 Å². The summed E-state index contributed by atoms with van der Waals surface area (Å²) >= 11 is 0. The van der Waals surface area contributed by atoms with Crippen LogP contribution in [0.15, 0.2) is 18.2 Å². The SMILES string of the molecule is CCC(C)NCC(=O)c1ccc2c(c1)NCCO2. The summed E-state index contributed by atoms with van der Waals surface area (Å²) in [5, 5.41) is 6.45. The number of nitrogens with one attached hydrogen (secondary N) is 2. The first-order valence-corrected chi connectivity index (χ1v) is 6.48. The van der Waals surface area contributed by atoms with Crippen molar-refractivity contribution in [2.24, 2.45) is 0 Å². The topological polar surface area (TPSA) is 50.4 Å². The van der Waals surface area contributed by atoms with Gasteiger partial charge in [-0.1, -0.05) is 6.92 Å². The van der Waals surface area contributed by atoms with Gasteiger partial charge in [-0.05, 0) is 31.5 Å². The van der Waals surface area contributed by atoms with Gasteiger partial charge >= 0.3 is 0 Å². The molecule has 0 fully saturated rings. The lowest BCUT2D eigenvalue weighted by atomic mass is 10.1. The fraction of sp³-hybridized carbons (Fsp3) is 0.500. The van der Waals surface area contributed by atoms with Crippen molar-refractivity contribution in [2.45, 2.75) is 26.3 Å². The second kappa shape index (κ2) is 5.87. The van der Waals surface area contributed by atoms with E-state index in [1.54, 1.807) is 0 Å². The summed E-state index contributed by atoms with van der Waals surface area (Å²) < 4.78 is 5.48. The van der Waals surface area contributed by atoms with E-state index in [9.17, 15) is 4.79 Å². The van der Waals surface area contributed by atoms with Gasteiger partial charge in [-0.15, -0.1) is 0 Å². The quantitative estimate of drug-likeness (QED) is 0.783. The molecule has 1 unspecified atom stereocenters. The molecule has 1 aliphatic heterocycles. The van der Waals surface area contributed by atoms with Crippen LogP contribution in [-0.4, -0.2) is 31.5 Å². The molecular formula is C14H20N2O2. The molecule has 1 aromatic rings. The molecule has 0 aromatic heterocycles. The van der Waals surface area contributed by atoms with Crippen LogP contribution >= 0.6 is 0 Å². The first-order chi connectivity index (χ1) is 8.70. The predicted octanol–water partition coefficient (Wildman–Crippen LogP) is 2.06. The van der Waals surface area contributed by atoms with Crippen LogP contribution in [-0.2, 0) is 0 Å². The zero-order chi connectivity index (χ0) is 13.0. The van der Waals surface area contributed by atoms with Gasteiger partial charge in [-0.3, -0.25) is 4.79 Å². The Labute approximate surface area is 108 Å². The Balaban J connectivity index is 2.02. The lowest BCUT2D eigenvalue weighted by Crippen LogP contribution is -2.31. The third kappa shape index (κ3) is 3.01. The summed E-state index contributed by atoms with van der Waals surface area (Å²) in [6.45, 7) is 6.03. The molecule has 1 aliphatic rings. The minimum absolute atomic E-state index is 0.116. The zero-order valence-corrected chi connectivity index (χ0v) is 11.0. The van der Waals surface area contributed by atoms with Gasteiger partial charge in [-0.2, -0.15) is 0 Å². The van der Waals surface area contributed by atoms with Crippen molar-refractivity contribution in [1.29, 1.82) is 0 Å². The van der Waals surface area contributed by atoms with Crippen LogP contribution in [0.5, 0.6) is 5.75 Å². The largest absolute Gasteiger partial charge is 0.490 e. The summed E-state index contributed by atoms with van der Waals surface area (Å²) in [5.41, 5.74) is 1.64. The molecule has 98 valence electrons. The van der Waals surface area contributed by atoms with Gasteiger partial charge in [0.05, 0.1) is 12.2 Å². The molecule has 1 atom stereocenters. The Morgan fingerprint density at radius 1 is 1.56 bits per heavy atom. The van der Waals surface area contributed by atoms with E-state index in [1.807, 2.05) is 18.2 Å². The van der Waals surface area contributed by atoms with E-state index in [4.69, 9.17) is 4.74 Å². The normalized spacial score (nSPS) is 15.2. The molecule has 0 saturated carbocycles. The van der Waals surface area contributed by atoms with Crippen LogP contribution in [0.3, 0.4) is 0 Å². The molecular weight excluding hydrogens is 228 g/mol. The van der Waals surface area contributed by atoms with E-state index in [2.05, 4.69) is 24.5 Å². The Hall–Kier alpha value is -1.55. The lowest BCUT2D eigenvalue weighted by Gasteiger charge is -2.19. The van der Waals surface area contributed by atoms with E-state index in [1.165, 1.54) is 0 Å². The van der Waals surface area contributed by atoms with Crippen LogP contribution in [0.1, 0.15) is 30.6 Å². The minimum atomic E-state index is 0.116. The zero-order valence-electron chi connectivity index (χ0n) is 11.0. The van der Waals surface area contributed by atoms with Crippen molar-refractivity contribution in [3.8, 4) is 5.75 Å². The van der Waals surface area contributed by atoms with Crippen molar-refractivity contribution >= 4 is 11.5 Å². The van der Waals surface area contributed by atoms with Crippen LogP contribution in [0, 0.1) is 0 Å². The van der Waals surface area contributed by atoms with Crippen molar-refractivity contribution < 1.29 is 9.53 Å². The van der Waals surface area contributed by atoms with Crippen LogP contribution in [0.4, 0.5) is 5.69 Å². The third-order valence-electron chi connectivity index (χ3n) is 3.20. The van der Waals surface area contributed by atoms with Crippen LogP contribution < -0.4 is 15.4 Å². The number of hydrogen-bond acceptors (Lipinski definition) is 4. The smallest absolute Gasteiger partial charge is 0.176 e. The molecule has 18 heavy (non-hydrogen) atoms. The number of hydrogen-bond donors (Lipinski definition) is 2. The minimum Gasteiger partial charge on any atom is -0.490 e. The number of carbonyl (C=O) groups is 1. The molecule has 0 aliphatic carbocycles. The fourth-order valence-electron chi connectivity index (χ4n) is 1.83. The number of benzene rings is 1. The maximum absolute atomic E-state index is 12.0. The van der Waals surface area contributed by atoms with Crippen LogP contribution in [0.25, 0.3) is 0 Å². The van der Waals surface area contributed by atoms with E-state index >= 15 is 0 Å². The molecule has 1 aromatic carbocycles. The standard InChI is InChI=1S/C14H20N2O2/c1-3-10(2)16-9-13(17)11-4-5-14-12(8-11)15-6-7-18-14/h4-5,8,10,15-16H,3,6-7,9H2,1-2H3. The summed E-state index contributed by atoms with van der Waals surface area (Å²) in [6.07, 6.45) is 1.02. The number of ketones is 1. The van der Waals surface area contributed by atoms with Crippen molar-refractivity contribution in [2.75, 3.05) is 25.0 Å². The second-order valence-corrected chi connectivity index (χ2v) is 4.60.